The Balaban J connectivity index is 0.00000162. The second-order valence-electron chi connectivity index (χ2n) is 4.84. The van der Waals surface area contributed by atoms with Crippen LogP contribution in [0.15, 0.2) is 10.6 Å². The summed E-state index contributed by atoms with van der Waals surface area (Å²) in [5.41, 5.74) is 0.720. The van der Waals surface area contributed by atoms with E-state index < -0.39 is 0 Å². The van der Waals surface area contributed by atoms with Crippen molar-refractivity contribution in [1.82, 2.24) is 15.8 Å². The number of nitrogens with one attached hydrogen (secondary N) is 2. The van der Waals surface area contributed by atoms with Gasteiger partial charge in [-0.15, -0.1) is 12.4 Å². The molecule has 0 aromatic carbocycles. The van der Waals surface area contributed by atoms with Gasteiger partial charge in [-0.05, 0) is 32.7 Å². The van der Waals surface area contributed by atoms with Crippen LogP contribution in [0.1, 0.15) is 36.5 Å². The predicted molar refractivity (Wildman–Crippen MR) is 71.0 cm³/mol. The highest BCUT2D eigenvalue weighted by Crippen LogP contribution is 2.16. The van der Waals surface area contributed by atoms with Crippen molar-refractivity contribution in [2.45, 2.75) is 39.3 Å². The van der Waals surface area contributed by atoms with E-state index in [4.69, 9.17) is 4.52 Å². The Morgan fingerprint density at radius 3 is 2.83 bits per heavy atom. The van der Waals surface area contributed by atoms with Crippen LogP contribution in [-0.2, 0) is 0 Å². The van der Waals surface area contributed by atoms with Crippen molar-refractivity contribution >= 4 is 18.3 Å². The molecular formula is C12H20ClN3O2. The molecule has 1 aromatic rings. The van der Waals surface area contributed by atoms with Crippen LogP contribution < -0.4 is 10.6 Å². The number of piperidine rings is 1. The van der Waals surface area contributed by atoms with Gasteiger partial charge in [0.15, 0.2) is 0 Å². The van der Waals surface area contributed by atoms with E-state index in [1.165, 1.54) is 0 Å². The lowest BCUT2D eigenvalue weighted by atomic mass is 9.89. The van der Waals surface area contributed by atoms with Crippen molar-refractivity contribution in [3.63, 3.8) is 0 Å². The molecule has 102 valence electrons. The van der Waals surface area contributed by atoms with E-state index in [0.29, 0.717) is 5.92 Å². The van der Waals surface area contributed by atoms with Crippen molar-refractivity contribution in [2.24, 2.45) is 5.92 Å². The fourth-order valence-corrected chi connectivity index (χ4v) is 2.30. The second kappa shape index (κ2) is 6.20. The number of carbonyl (C=O) groups excluding carboxylic acids is 1. The van der Waals surface area contributed by atoms with Crippen LogP contribution in [0.3, 0.4) is 0 Å². The molecule has 1 fully saturated rings. The molecule has 5 nitrogen and oxygen atoms in total. The molecule has 1 aliphatic rings. The first kappa shape index (κ1) is 15.0. The maximum absolute atomic E-state index is 11.9. The maximum Gasteiger partial charge on any atom is 0.290 e. The van der Waals surface area contributed by atoms with Crippen molar-refractivity contribution in [3.8, 4) is 0 Å². The van der Waals surface area contributed by atoms with Crippen LogP contribution in [0.5, 0.6) is 0 Å². The second-order valence-corrected chi connectivity index (χ2v) is 4.84. The standard InChI is InChI=1S/C12H19N3O2.ClH/c1-7-4-5-13-9(3)11(7)14-12(16)10-6-8(2)15-17-10;/h6-7,9,11,13H,4-5H2,1-3H3,(H,14,16);1H. The molecule has 2 heterocycles. The Morgan fingerprint density at radius 2 is 2.28 bits per heavy atom. The zero-order chi connectivity index (χ0) is 12.4. The molecule has 1 aromatic heterocycles. The van der Waals surface area contributed by atoms with Gasteiger partial charge in [-0.25, -0.2) is 0 Å². The molecule has 2 N–H and O–H groups in total. The zero-order valence-corrected chi connectivity index (χ0v) is 11.7. The van der Waals surface area contributed by atoms with Crippen LogP contribution >= 0.6 is 12.4 Å². The highest BCUT2D eigenvalue weighted by atomic mass is 35.5. The minimum atomic E-state index is -0.182. The van der Waals surface area contributed by atoms with E-state index in [2.05, 4.69) is 29.6 Å². The molecule has 0 aliphatic carbocycles. The molecular weight excluding hydrogens is 254 g/mol. The number of rotatable bonds is 2. The average molecular weight is 274 g/mol. The summed E-state index contributed by atoms with van der Waals surface area (Å²) >= 11 is 0. The molecule has 0 saturated carbocycles. The van der Waals surface area contributed by atoms with Gasteiger partial charge in [0.1, 0.15) is 0 Å². The topological polar surface area (TPSA) is 67.2 Å². The molecule has 6 heteroatoms. The van der Waals surface area contributed by atoms with Crippen LogP contribution in [-0.4, -0.2) is 29.7 Å². The highest BCUT2D eigenvalue weighted by molar-refractivity contribution is 5.91. The van der Waals surface area contributed by atoms with Gasteiger partial charge in [-0.3, -0.25) is 4.79 Å². The van der Waals surface area contributed by atoms with Crippen LogP contribution in [0.4, 0.5) is 0 Å². The summed E-state index contributed by atoms with van der Waals surface area (Å²) < 4.78 is 4.96. The normalized spacial score (nSPS) is 27.4. The van der Waals surface area contributed by atoms with Crippen molar-refractivity contribution in [2.75, 3.05) is 6.54 Å². The molecule has 2 rings (SSSR count). The molecule has 0 bridgehead atoms. The Labute approximate surface area is 113 Å². The number of aromatic nitrogens is 1. The summed E-state index contributed by atoms with van der Waals surface area (Å²) in [6, 6.07) is 2.08. The highest BCUT2D eigenvalue weighted by Gasteiger charge is 2.29. The summed E-state index contributed by atoms with van der Waals surface area (Å²) in [5.74, 6) is 0.574. The molecule has 0 radical (unpaired) electrons. The molecule has 3 unspecified atom stereocenters. The smallest absolute Gasteiger partial charge is 0.290 e. The van der Waals surface area contributed by atoms with Gasteiger partial charge in [0.2, 0.25) is 5.76 Å². The Morgan fingerprint density at radius 1 is 1.56 bits per heavy atom. The molecule has 18 heavy (non-hydrogen) atoms. The third-order valence-electron chi connectivity index (χ3n) is 3.37. The minimum absolute atomic E-state index is 0. The summed E-state index contributed by atoms with van der Waals surface area (Å²) in [5, 5.41) is 10.1. The Kier molecular flexibility index (Phi) is 5.16. The van der Waals surface area contributed by atoms with E-state index >= 15 is 0 Å². The molecule has 1 saturated heterocycles. The van der Waals surface area contributed by atoms with Gasteiger partial charge < -0.3 is 15.2 Å². The SMILES string of the molecule is Cc1cc(C(=O)NC2C(C)CCNC2C)on1.Cl. The maximum atomic E-state index is 11.9. The summed E-state index contributed by atoms with van der Waals surface area (Å²) in [4.78, 5) is 11.9. The lowest BCUT2D eigenvalue weighted by Crippen LogP contribution is -2.55. The summed E-state index contributed by atoms with van der Waals surface area (Å²) in [6.45, 7) is 7.06. The average Bonchev–Trinajstić information content (AvgIpc) is 2.70. The van der Waals surface area contributed by atoms with Crippen LogP contribution in [0, 0.1) is 12.8 Å². The first-order valence-corrected chi connectivity index (χ1v) is 6.05. The Hall–Kier alpha value is -1.07. The van der Waals surface area contributed by atoms with E-state index in [0.717, 1.165) is 18.7 Å². The minimum Gasteiger partial charge on any atom is -0.351 e. The first-order valence-electron chi connectivity index (χ1n) is 6.05. The Bertz CT molecular complexity index is 398. The summed E-state index contributed by atoms with van der Waals surface area (Å²) in [7, 11) is 0. The number of nitrogens with zero attached hydrogens (tertiary/aromatic N) is 1. The first-order chi connectivity index (χ1) is 8.08. The quantitative estimate of drug-likeness (QED) is 0.857. The van der Waals surface area contributed by atoms with Gasteiger partial charge in [-0.2, -0.15) is 0 Å². The lowest BCUT2D eigenvalue weighted by Gasteiger charge is -2.35. The van der Waals surface area contributed by atoms with Gasteiger partial charge in [0.25, 0.3) is 5.91 Å². The van der Waals surface area contributed by atoms with E-state index in [-0.39, 0.29) is 36.2 Å². The van der Waals surface area contributed by atoms with Gasteiger partial charge >= 0.3 is 0 Å². The van der Waals surface area contributed by atoms with Crippen molar-refractivity contribution < 1.29 is 9.32 Å². The van der Waals surface area contributed by atoms with E-state index in [9.17, 15) is 4.79 Å². The predicted octanol–water partition coefficient (Wildman–Crippen LogP) is 1.52. The van der Waals surface area contributed by atoms with E-state index in [1.807, 2.05) is 0 Å². The van der Waals surface area contributed by atoms with Crippen molar-refractivity contribution in [3.05, 3.63) is 17.5 Å². The summed E-state index contributed by atoms with van der Waals surface area (Å²) in [6.07, 6.45) is 1.07. The largest absolute Gasteiger partial charge is 0.351 e. The molecule has 0 spiro atoms. The fraction of sp³-hybridized carbons (Fsp3) is 0.667. The number of aryl methyl sites for hydroxylation is 1. The van der Waals surface area contributed by atoms with Crippen LogP contribution in [0.25, 0.3) is 0 Å². The number of hydrogen-bond donors (Lipinski definition) is 2. The number of amides is 1. The zero-order valence-electron chi connectivity index (χ0n) is 10.9. The monoisotopic (exact) mass is 273 g/mol. The van der Waals surface area contributed by atoms with E-state index in [1.54, 1.807) is 13.0 Å². The molecule has 3 atom stereocenters. The molecule has 1 amide bonds. The van der Waals surface area contributed by atoms with Gasteiger partial charge in [0, 0.05) is 18.2 Å². The molecule has 1 aliphatic heterocycles. The van der Waals surface area contributed by atoms with Crippen LogP contribution in [0.2, 0.25) is 0 Å². The number of halogens is 1. The van der Waals surface area contributed by atoms with Gasteiger partial charge in [-0.1, -0.05) is 12.1 Å². The van der Waals surface area contributed by atoms with Crippen molar-refractivity contribution in [1.29, 1.82) is 0 Å². The lowest BCUT2D eigenvalue weighted by molar-refractivity contribution is 0.0860. The fourth-order valence-electron chi connectivity index (χ4n) is 2.30. The third-order valence-corrected chi connectivity index (χ3v) is 3.37. The van der Waals surface area contributed by atoms with Gasteiger partial charge in [0.05, 0.1) is 5.69 Å². The third kappa shape index (κ3) is 3.23. The number of hydrogen-bond acceptors (Lipinski definition) is 4. The number of carbonyl (C=O) groups is 1.